The van der Waals surface area contributed by atoms with Gasteiger partial charge in [-0.15, -0.1) is 24.0 Å². The summed E-state index contributed by atoms with van der Waals surface area (Å²) in [6.45, 7) is 8.54. The highest BCUT2D eigenvalue weighted by Crippen LogP contribution is 2.23. The minimum atomic E-state index is 0. The molecule has 2 fully saturated rings. The number of rotatable bonds is 6. The largest absolute Gasteiger partial charge is 0.379 e. The van der Waals surface area contributed by atoms with Gasteiger partial charge < -0.3 is 15.4 Å². The number of morpholine rings is 1. The smallest absolute Gasteiger partial charge is 0.191 e. The molecule has 0 aromatic heterocycles. The number of halogens is 1. The molecule has 23 heavy (non-hydrogen) atoms. The summed E-state index contributed by atoms with van der Waals surface area (Å²) in [5.74, 6) is 1.87. The Hall–Kier alpha value is -0.0800. The number of nitrogens with one attached hydrogen (secondary N) is 2. The lowest BCUT2D eigenvalue weighted by atomic mass is 9.87. The highest BCUT2D eigenvalue weighted by Gasteiger charge is 2.18. The van der Waals surface area contributed by atoms with Crippen molar-refractivity contribution in [2.24, 2.45) is 10.9 Å². The Kier molecular flexibility index (Phi) is 11.2. The Morgan fingerprint density at radius 3 is 2.48 bits per heavy atom. The van der Waals surface area contributed by atoms with E-state index in [1.54, 1.807) is 0 Å². The Morgan fingerprint density at radius 1 is 1.13 bits per heavy atom. The minimum absolute atomic E-state index is 0. The van der Waals surface area contributed by atoms with Crippen molar-refractivity contribution in [3.63, 3.8) is 0 Å². The summed E-state index contributed by atoms with van der Waals surface area (Å²) in [7, 11) is 1.87. The van der Waals surface area contributed by atoms with Crippen LogP contribution in [-0.4, -0.2) is 63.3 Å². The molecule has 0 radical (unpaired) electrons. The number of nitrogens with zero attached hydrogens (tertiary/aromatic N) is 2. The van der Waals surface area contributed by atoms with Crippen molar-refractivity contribution < 1.29 is 4.74 Å². The maximum atomic E-state index is 5.37. The molecule has 0 unspecified atom stereocenters. The summed E-state index contributed by atoms with van der Waals surface area (Å²) in [5, 5.41) is 7.04. The molecule has 136 valence electrons. The van der Waals surface area contributed by atoms with Crippen LogP contribution < -0.4 is 10.6 Å². The highest BCUT2D eigenvalue weighted by atomic mass is 127. The lowest BCUT2D eigenvalue weighted by Crippen LogP contribution is -2.45. The van der Waals surface area contributed by atoms with Gasteiger partial charge in [-0.25, -0.2) is 0 Å². The van der Waals surface area contributed by atoms with E-state index in [4.69, 9.17) is 4.74 Å². The molecule has 0 spiro atoms. The van der Waals surface area contributed by atoms with Crippen LogP contribution in [0.3, 0.4) is 0 Å². The van der Waals surface area contributed by atoms with Gasteiger partial charge in [-0.1, -0.05) is 6.92 Å². The first kappa shape index (κ1) is 21.0. The number of aliphatic imine (C=N–C) groups is 1. The quantitative estimate of drug-likeness (QED) is 0.290. The van der Waals surface area contributed by atoms with Gasteiger partial charge in [0.05, 0.1) is 13.2 Å². The van der Waals surface area contributed by atoms with E-state index >= 15 is 0 Å². The molecule has 2 aliphatic rings. The average molecular weight is 438 g/mol. The van der Waals surface area contributed by atoms with Crippen molar-refractivity contribution in [3.05, 3.63) is 0 Å². The van der Waals surface area contributed by atoms with Crippen LogP contribution in [0.5, 0.6) is 0 Å². The van der Waals surface area contributed by atoms with Gasteiger partial charge in [0.1, 0.15) is 0 Å². The first-order chi connectivity index (χ1) is 10.8. The van der Waals surface area contributed by atoms with Crippen LogP contribution in [0.15, 0.2) is 4.99 Å². The standard InChI is InChI=1S/C17H34N4O.HI/c1-15-5-7-16(8-6-15)20-17(18-2)19-9-3-4-10-21-11-13-22-14-12-21;/h15-16H,3-14H2,1-2H3,(H2,18,19,20);1H. The Bertz CT molecular complexity index is 327. The molecule has 1 heterocycles. The minimum Gasteiger partial charge on any atom is -0.379 e. The van der Waals surface area contributed by atoms with Crippen LogP contribution in [0.4, 0.5) is 0 Å². The van der Waals surface area contributed by atoms with Crippen molar-refractivity contribution in [1.82, 2.24) is 15.5 Å². The SMILES string of the molecule is CN=C(NCCCCN1CCOCC1)NC1CCC(C)CC1.I. The molecule has 1 aliphatic carbocycles. The van der Waals surface area contributed by atoms with Crippen molar-refractivity contribution in [3.8, 4) is 0 Å². The molecule has 1 aliphatic heterocycles. The van der Waals surface area contributed by atoms with Crippen LogP contribution in [-0.2, 0) is 4.74 Å². The number of ether oxygens (including phenoxy) is 1. The van der Waals surface area contributed by atoms with Crippen LogP contribution in [0, 0.1) is 5.92 Å². The molecule has 1 saturated heterocycles. The van der Waals surface area contributed by atoms with Gasteiger partial charge in [-0.2, -0.15) is 0 Å². The first-order valence-electron chi connectivity index (χ1n) is 9.05. The second-order valence-corrected chi connectivity index (χ2v) is 6.76. The molecule has 0 bridgehead atoms. The van der Waals surface area contributed by atoms with E-state index in [1.807, 2.05) is 7.05 Å². The molecule has 0 aromatic carbocycles. The van der Waals surface area contributed by atoms with Gasteiger partial charge in [0.25, 0.3) is 0 Å². The molecule has 2 N–H and O–H groups in total. The molecule has 2 rings (SSSR count). The third kappa shape index (κ3) is 8.54. The van der Waals surface area contributed by atoms with Crippen LogP contribution >= 0.6 is 24.0 Å². The highest BCUT2D eigenvalue weighted by molar-refractivity contribution is 14.0. The molecular weight excluding hydrogens is 403 g/mol. The van der Waals surface area contributed by atoms with Crippen molar-refractivity contribution in [2.45, 2.75) is 51.5 Å². The second kappa shape index (κ2) is 12.3. The number of hydrogen-bond donors (Lipinski definition) is 2. The predicted molar refractivity (Wildman–Crippen MR) is 108 cm³/mol. The maximum absolute atomic E-state index is 5.37. The molecular formula is C17H35IN4O. The van der Waals surface area contributed by atoms with Gasteiger partial charge in [-0.05, 0) is 51.0 Å². The lowest BCUT2D eigenvalue weighted by Gasteiger charge is -2.28. The summed E-state index contributed by atoms with van der Waals surface area (Å²) in [6, 6.07) is 0.607. The fraction of sp³-hybridized carbons (Fsp3) is 0.941. The normalized spacial score (nSPS) is 26.4. The van der Waals surface area contributed by atoms with Crippen molar-refractivity contribution in [1.29, 1.82) is 0 Å². The van der Waals surface area contributed by atoms with E-state index in [-0.39, 0.29) is 24.0 Å². The van der Waals surface area contributed by atoms with E-state index in [9.17, 15) is 0 Å². The Morgan fingerprint density at radius 2 is 1.83 bits per heavy atom. The maximum Gasteiger partial charge on any atom is 0.191 e. The van der Waals surface area contributed by atoms with Crippen LogP contribution in [0.2, 0.25) is 0 Å². The van der Waals surface area contributed by atoms with Gasteiger partial charge in [0, 0.05) is 32.7 Å². The second-order valence-electron chi connectivity index (χ2n) is 6.76. The summed E-state index contributed by atoms with van der Waals surface area (Å²) < 4.78 is 5.37. The van der Waals surface area contributed by atoms with Crippen LogP contribution in [0.25, 0.3) is 0 Å². The van der Waals surface area contributed by atoms with Crippen molar-refractivity contribution >= 4 is 29.9 Å². The molecule has 1 saturated carbocycles. The third-order valence-electron chi connectivity index (χ3n) is 4.88. The zero-order valence-corrected chi connectivity index (χ0v) is 17.2. The third-order valence-corrected chi connectivity index (χ3v) is 4.88. The molecule has 0 aromatic rings. The zero-order chi connectivity index (χ0) is 15.6. The van der Waals surface area contributed by atoms with Crippen LogP contribution in [0.1, 0.15) is 45.4 Å². The number of guanidine groups is 1. The summed E-state index contributed by atoms with van der Waals surface area (Å²) in [4.78, 5) is 6.86. The summed E-state index contributed by atoms with van der Waals surface area (Å²) in [6.07, 6.45) is 7.67. The Balaban J connectivity index is 0.00000264. The van der Waals surface area contributed by atoms with E-state index in [0.717, 1.165) is 44.7 Å². The molecule has 0 amide bonds. The fourth-order valence-electron chi connectivity index (χ4n) is 3.28. The topological polar surface area (TPSA) is 48.9 Å². The zero-order valence-electron chi connectivity index (χ0n) is 14.9. The van der Waals surface area contributed by atoms with E-state index in [0.29, 0.717) is 6.04 Å². The lowest BCUT2D eigenvalue weighted by molar-refractivity contribution is 0.0372. The van der Waals surface area contributed by atoms with Gasteiger partial charge in [0.15, 0.2) is 5.96 Å². The van der Waals surface area contributed by atoms with Gasteiger partial charge in [0.2, 0.25) is 0 Å². The molecule has 6 heteroatoms. The van der Waals surface area contributed by atoms with E-state index < -0.39 is 0 Å². The summed E-state index contributed by atoms with van der Waals surface area (Å²) in [5.41, 5.74) is 0. The number of unbranched alkanes of at least 4 members (excludes halogenated alkanes) is 1. The molecule has 5 nitrogen and oxygen atoms in total. The van der Waals surface area contributed by atoms with Gasteiger partial charge in [-0.3, -0.25) is 9.89 Å². The average Bonchev–Trinajstić information content (AvgIpc) is 2.56. The van der Waals surface area contributed by atoms with E-state index in [2.05, 4.69) is 27.4 Å². The Labute approximate surface area is 159 Å². The predicted octanol–water partition coefficient (Wildman–Crippen LogP) is 2.46. The summed E-state index contributed by atoms with van der Waals surface area (Å²) >= 11 is 0. The number of hydrogen-bond acceptors (Lipinski definition) is 3. The van der Waals surface area contributed by atoms with E-state index in [1.165, 1.54) is 45.1 Å². The fourth-order valence-corrected chi connectivity index (χ4v) is 3.28. The van der Waals surface area contributed by atoms with Crippen molar-refractivity contribution in [2.75, 3.05) is 46.4 Å². The van der Waals surface area contributed by atoms with Gasteiger partial charge >= 0.3 is 0 Å². The molecule has 0 atom stereocenters. The monoisotopic (exact) mass is 438 g/mol. The first-order valence-corrected chi connectivity index (χ1v) is 9.05.